The Hall–Kier alpha value is -2.03. The first kappa shape index (κ1) is 13.0. The van der Waals surface area contributed by atoms with E-state index in [9.17, 15) is 4.79 Å². The normalized spacial score (nSPS) is 18.9. The lowest BCUT2D eigenvalue weighted by Gasteiger charge is -2.09. The average Bonchev–Trinajstić information content (AvgIpc) is 3.00. The number of carbonyl (C=O) groups is 1. The second-order valence-corrected chi connectivity index (χ2v) is 5.05. The maximum atomic E-state index is 11.9. The maximum Gasteiger partial charge on any atom is 0.319 e. The van der Waals surface area contributed by atoms with Gasteiger partial charge in [-0.25, -0.2) is 0 Å². The van der Waals surface area contributed by atoms with Crippen molar-refractivity contribution < 1.29 is 14.3 Å². The number of anilines is 1. The van der Waals surface area contributed by atoms with Gasteiger partial charge in [-0.3, -0.25) is 9.69 Å². The Morgan fingerprint density at radius 2 is 2.20 bits per heavy atom. The zero-order chi connectivity index (χ0) is 14.3. The molecule has 1 aliphatic heterocycles. The summed E-state index contributed by atoms with van der Waals surface area (Å²) in [6.45, 7) is 0.483. The van der Waals surface area contributed by atoms with Gasteiger partial charge in [0.05, 0.1) is 20.4 Å². The molecule has 2 aromatic heterocycles. The summed E-state index contributed by atoms with van der Waals surface area (Å²) < 4.78 is 11.7. The fraction of sp³-hybridized carbons (Fsp3) is 0.455. The van der Waals surface area contributed by atoms with Crippen molar-refractivity contribution in [3.05, 3.63) is 6.20 Å². The summed E-state index contributed by atoms with van der Waals surface area (Å²) in [7, 11) is 3.00. The molecule has 3 heterocycles. The van der Waals surface area contributed by atoms with Crippen LogP contribution in [0.3, 0.4) is 0 Å². The Balaban J connectivity index is 2.12. The number of hydrogen-bond acceptors (Lipinski definition) is 7. The summed E-state index contributed by atoms with van der Waals surface area (Å²) in [5, 5.41) is 4.26. The van der Waals surface area contributed by atoms with Crippen molar-refractivity contribution in [2.45, 2.75) is 11.7 Å². The minimum atomic E-state index is -0.0493. The van der Waals surface area contributed by atoms with Crippen molar-refractivity contribution >= 4 is 30.1 Å². The lowest BCUT2D eigenvalue weighted by atomic mass is 10.4. The monoisotopic (exact) mass is 295 g/mol. The number of thiol groups is 1. The van der Waals surface area contributed by atoms with E-state index >= 15 is 0 Å². The van der Waals surface area contributed by atoms with Gasteiger partial charge in [-0.1, -0.05) is 0 Å². The predicted molar refractivity (Wildman–Crippen MR) is 73.6 cm³/mol. The molecule has 0 bridgehead atoms. The van der Waals surface area contributed by atoms with Gasteiger partial charge in [-0.2, -0.15) is 27.1 Å². The van der Waals surface area contributed by atoms with Crippen LogP contribution >= 0.6 is 12.6 Å². The predicted octanol–water partition coefficient (Wildman–Crippen LogP) is 0.177. The number of rotatable bonds is 3. The van der Waals surface area contributed by atoms with Crippen LogP contribution in [0.5, 0.6) is 11.8 Å². The molecular formula is C11H13N5O3S. The Bertz CT molecular complexity index is 632. The number of nitrogens with zero attached hydrogens (tertiary/aromatic N) is 5. The fourth-order valence-corrected chi connectivity index (χ4v) is 2.42. The largest absolute Gasteiger partial charge is 0.491 e. The van der Waals surface area contributed by atoms with E-state index in [4.69, 9.17) is 9.47 Å². The Kier molecular flexibility index (Phi) is 3.13. The van der Waals surface area contributed by atoms with Crippen LogP contribution in [0.4, 0.5) is 5.95 Å². The van der Waals surface area contributed by atoms with Gasteiger partial charge in [0.2, 0.25) is 11.6 Å². The summed E-state index contributed by atoms with van der Waals surface area (Å²) >= 11 is 4.31. The molecule has 0 N–H and O–H groups in total. The van der Waals surface area contributed by atoms with E-state index in [-0.39, 0.29) is 17.2 Å². The minimum absolute atomic E-state index is 0.00368. The van der Waals surface area contributed by atoms with Gasteiger partial charge in [0, 0.05) is 18.2 Å². The molecule has 0 spiro atoms. The first-order valence-electron chi connectivity index (χ1n) is 5.96. The van der Waals surface area contributed by atoms with Crippen LogP contribution in [-0.2, 0) is 4.79 Å². The Morgan fingerprint density at radius 3 is 2.80 bits per heavy atom. The number of ether oxygens (including phenoxy) is 2. The van der Waals surface area contributed by atoms with Crippen molar-refractivity contribution in [2.24, 2.45) is 0 Å². The third-order valence-corrected chi connectivity index (χ3v) is 3.38. The second kappa shape index (κ2) is 4.82. The number of amides is 1. The van der Waals surface area contributed by atoms with Gasteiger partial charge in [0.1, 0.15) is 0 Å². The molecule has 1 atom stereocenters. The van der Waals surface area contributed by atoms with Crippen LogP contribution in [-0.4, -0.2) is 51.5 Å². The SMILES string of the molecule is COc1cnc(OC)n2nc(N3CC(S)CC3=O)nc12. The lowest BCUT2D eigenvalue weighted by Crippen LogP contribution is -2.25. The van der Waals surface area contributed by atoms with Gasteiger partial charge in [-0.15, -0.1) is 5.10 Å². The molecule has 1 unspecified atom stereocenters. The topological polar surface area (TPSA) is 81.9 Å². The molecular weight excluding hydrogens is 282 g/mol. The highest BCUT2D eigenvalue weighted by molar-refractivity contribution is 7.81. The highest BCUT2D eigenvalue weighted by atomic mass is 32.1. The van der Waals surface area contributed by atoms with Crippen LogP contribution in [0.2, 0.25) is 0 Å². The Labute approximate surface area is 120 Å². The van der Waals surface area contributed by atoms with Crippen LogP contribution in [0, 0.1) is 0 Å². The first-order chi connectivity index (χ1) is 9.63. The standard InChI is InChI=1S/C11H13N5O3S/c1-18-7-4-12-11(19-2)16-9(7)13-10(14-16)15-5-6(20)3-8(15)17/h4,6,20H,3,5H2,1-2H3. The number of aromatic nitrogens is 4. The number of methoxy groups -OCH3 is 2. The zero-order valence-electron chi connectivity index (χ0n) is 11.0. The van der Waals surface area contributed by atoms with Crippen LogP contribution < -0.4 is 14.4 Å². The molecule has 3 rings (SSSR count). The number of fused-ring (bicyclic) bond motifs is 1. The van der Waals surface area contributed by atoms with Gasteiger partial charge < -0.3 is 9.47 Å². The quantitative estimate of drug-likeness (QED) is 0.813. The van der Waals surface area contributed by atoms with Gasteiger partial charge >= 0.3 is 6.01 Å². The molecule has 1 aliphatic rings. The summed E-state index contributed by atoms with van der Waals surface area (Å²) in [5.74, 6) is 0.710. The van der Waals surface area contributed by atoms with Crippen LogP contribution in [0.1, 0.15) is 6.42 Å². The van der Waals surface area contributed by atoms with E-state index in [2.05, 4.69) is 27.7 Å². The van der Waals surface area contributed by atoms with Crippen molar-refractivity contribution in [1.29, 1.82) is 0 Å². The van der Waals surface area contributed by atoms with Crippen molar-refractivity contribution in [2.75, 3.05) is 25.7 Å². The van der Waals surface area contributed by atoms with Gasteiger partial charge in [-0.05, 0) is 0 Å². The third-order valence-electron chi connectivity index (χ3n) is 3.04. The molecule has 1 fully saturated rings. The molecule has 0 aromatic carbocycles. The van der Waals surface area contributed by atoms with Crippen molar-refractivity contribution in [1.82, 2.24) is 19.6 Å². The molecule has 1 saturated heterocycles. The van der Waals surface area contributed by atoms with Crippen molar-refractivity contribution in [3.8, 4) is 11.8 Å². The van der Waals surface area contributed by atoms with Gasteiger partial charge in [0.25, 0.3) is 5.95 Å². The van der Waals surface area contributed by atoms with Gasteiger partial charge in [0.15, 0.2) is 5.75 Å². The highest BCUT2D eigenvalue weighted by Gasteiger charge is 2.31. The first-order valence-corrected chi connectivity index (χ1v) is 6.48. The number of carbonyl (C=O) groups excluding carboxylic acids is 1. The fourth-order valence-electron chi connectivity index (χ4n) is 2.10. The number of hydrogen-bond donors (Lipinski definition) is 1. The minimum Gasteiger partial charge on any atom is -0.491 e. The zero-order valence-corrected chi connectivity index (χ0v) is 11.9. The van der Waals surface area contributed by atoms with E-state index in [1.165, 1.54) is 29.8 Å². The molecule has 0 aliphatic carbocycles. The molecule has 1 amide bonds. The lowest BCUT2D eigenvalue weighted by molar-refractivity contribution is -0.117. The maximum absolute atomic E-state index is 11.9. The molecule has 9 heteroatoms. The molecule has 0 radical (unpaired) electrons. The molecule has 0 saturated carbocycles. The van der Waals surface area contributed by atoms with E-state index in [1.54, 1.807) is 0 Å². The smallest absolute Gasteiger partial charge is 0.319 e. The third kappa shape index (κ3) is 1.94. The Morgan fingerprint density at radius 1 is 1.40 bits per heavy atom. The summed E-state index contributed by atoms with van der Waals surface area (Å²) in [5.41, 5.74) is 0.449. The van der Waals surface area contributed by atoms with E-state index in [1.807, 2.05) is 0 Å². The molecule has 20 heavy (non-hydrogen) atoms. The van der Waals surface area contributed by atoms with Crippen LogP contribution in [0.25, 0.3) is 5.65 Å². The second-order valence-electron chi connectivity index (χ2n) is 4.32. The summed E-state index contributed by atoms with van der Waals surface area (Å²) in [4.78, 5) is 21.8. The molecule has 8 nitrogen and oxygen atoms in total. The van der Waals surface area contributed by atoms with E-state index in [0.717, 1.165) is 0 Å². The molecule has 2 aromatic rings. The summed E-state index contributed by atoms with van der Waals surface area (Å²) in [6.07, 6.45) is 1.88. The van der Waals surface area contributed by atoms with Crippen molar-refractivity contribution in [3.63, 3.8) is 0 Å². The summed E-state index contributed by atoms with van der Waals surface area (Å²) in [6, 6.07) is 0.272. The highest BCUT2D eigenvalue weighted by Crippen LogP contribution is 2.26. The van der Waals surface area contributed by atoms with E-state index < -0.39 is 0 Å². The molecule has 106 valence electrons. The van der Waals surface area contributed by atoms with Crippen LogP contribution in [0.15, 0.2) is 6.20 Å². The van der Waals surface area contributed by atoms with E-state index in [0.29, 0.717) is 30.3 Å². The average molecular weight is 295 g/mol.